The van der Waals surface area contributed by atoms with Gasteiger partial charge in [-0.05, 0) is 12.5 Å². The molecular weight excluding hydrogens is 310 g/mol. The third kappa shape index (κ3) is 2.38. The quantitative estimate of drug-likeness (QED) is 0.624. The molecule has 0 unspecified atom stereocenters. The van der Waals surface area contributed by atoms with Gasteiger partial charge in [-0.1, -0.05) is 18.2 Å². The highest BCUT2D eigenvalue weighted by Crippen LogP contribution is 2.40. The van der Waals surface area contributed by atoms with Crippen LogP contribution < -0.4 is 0 Å². The summed E-state index contributed by atoms with van der Waals surface area (Å²) in [7, 11) is 4.40. The maximum absolute atomic E-state index is 12.8. The van der Waals surface area contributed by atoms with Crippen molar-refractivity contribution in [2.75, 3.05) is 14.2 Å². The van der Waals surface area contributed by atoms with Crippen LogP contribution in [0.4, 0.5) is 0 Å². The molecule has 1 aromatic carbocycles. The third-order valence-electron chi connectivity index (χ3n) is 4.73. The van der Waals surface area contributed by atoms with E-state index in [0.717, 1.165) is 10.9 Å². The summed E-state index contributed by atoms with van der Waals surface area (Å²) < 4.78 is 11.5. The highest BCUT2D eigenvalue weighted by atomic mass is 16.5. The second-order valence-corrected chi connectivity index (χ2v) is 6.00. The number of aryl methyl sites for hydroxylation is 1. The average molecular weight is 329 g/mol. The molecule has 6 nitrogen and oxygen atoms in total. The number of carbonyl (C=O) groups excluding carboxylic acids is 3. The van der Waals surface area contributed by atoms with E-state index in [1.54, 1.807) is 11.6 Å². The molecule has 0 saturated carbocycles. The number of para-hydroxylation sites is 1. The molecule has 1 aromatic heterocycles. The van der Waals surface area contributed by atoms with E-state index in [4.69, 9.17) is 9.47 Å². The molecule has 1 heterocycles. The van der Waals surface area contributed by atoms with E-state index in [0.29, 0.717) is 11.3 Å². The Morgan fingerprint density at radius 3 is 2.46 bits per heavy atom. The van der Waals surface area contributed by atoms with E-state index in [2.05, 4.69) is 0 Å². The SMILES string of the molecule is COC(=O)[C@H]1CC(=O)c2c(c3ccccc3n2C)[C@@H](C(=O)OC)C1. The number of carbonyl (C=O) groups is 3. The van der Waals surface area contributed by atoms with E-state index in [-0.39, 0.29) is 18.6 Å². The summed E-state index contributed by atoms with van der Waals surface area (Å²) in [5, 5.41) is 0.837. The average Bonchev–Trinajstić information content (AvgIpc) is 2.80. The minimum Gasteiger partial charge on any atom is -0.469 e. The zero-order valence-electron chi connectivity index (χ0n) is 13.9. The van der Waals surface area contributed by atoms with Gasteiger partial charge in [0.25, 0.3) is 0 Å². The molecule has 0 saturated heterocycles. The van der Waals surface area contributed by atoms with Gasteiger partial charge in [-0.15, -0.1) is 0 Å². The fourth-order valence-electron chi connectivity index (χ4n) is 3.62. The molecule has 126 valence electrons. The second-order valence-electron chi connectivity index (χ2n) is 6.00. The van der Waals surface area contributed by atoms with Gasteiger partial charge < -0.3 is 14.0 Å². The molecule has 0 N–H and O–H groups in total. The number of esters is 2. The Hall–Kier alpha value is -2.63. The lowest BCUT2D eigenvalue weighted by atomic mass is 9.89. The zero-order valence-corrected chi connectivity index (χ0v) is 13.9. The van der Waals surface area contributed by atoms with Crippen LogP contribution in [-0.2, 0) is 26.1 Å². The zero-order chi connectivity index (χ0) is 17.4. The van der Waals surface area contributed by atoms with Crippen LogP contribution in [0.3, 0.4) is 0 Å². The number of rotatable bonds is 2. The summed E-state index contributed by atoms with van der Waals surface area (Å²) in [6.45, 7) is 0. The predicted octanol–water partition coefficient (Wildman–Crippen LogP) is 2.20. The Morgan fingerprint density at radius 2 is 1.79 bits per heavy atom. The van der Waals surface area contributed by atoms with Gasteiger partial charge in [-0.25, -0.2) is 0 Å². The van der Waals surface area contributed by atoms with E-state index >= 15 is 0 Å². The fourth-order valence-corrected chi connectivity index (χ4v) is 3.62. The number of nitrogens with zero attached hydrogens (tertiary/aromatic N) is 1. The number of ether oxygens (including phenoxy) is 2. The molecule has 0 spiro atoms. The molecule has 1 aliphatic rings. The predicted molar refractivity (Wildman–Crippen MR) is 86.7 cm³/mol. The maximum Gasteiger partial charge on any atom is 0.313 e. The second kappa shape index (κ2) is 6.11. The monoisotopic (exact) mass is 329 g/mol. The first-order valence-electron chi connectivity index (χ1n) is 7.75. The van der Waals surface area contributed by atoms with Crippen molar-refractivity contribution in [2.45, 2.75) is 18.8 Å². The Kier molecular flexibility index (Phi) is 4.13. The summed E-state index contributed by atoms with van der Waals surface area (Å²) in [5.74, 6) is -2.42. The van der Waals surface area contributed by atoms with Crippen LogP contribution in [0, 0.1) is 5.92 Å². The van der Waals surface area contributed by atoms with Gasteiger partial charge in [0, 0.05) is 29.9 Å². The molecule has 6 heteroatoms. The number of ketones is 1. The molecule has 0 radical (unpaired) electrons. The minimum atomic E-state index is -0.674. The first kappa shape index (κ1) is 16.2. The van der Waals surface area contributed by atoms with Crippen LogP contribution in [0.15, 0.2) is 24.3 Å². The highest BCUT2D eigenvalue weighted by molar-refractivity contribution is 6.07. The van der Waals surface area contributed by atoms with Crippen molar-refractivity contribution < 1.29 is 23.9 Å². The number of benzene rings is 1. The van der Waals surface area contributed by atoms with E-state index in [1.165, 1.54) is 14.2 Å². The van der Waals surface area contributed by atoms with Crippen molar-refractivity contribution in [2.24, 2.45) is 13.0 Å². The van der Waals surface area contributed by atoms with Gasteiger partial charge in [-0.2, -0.15) is 0 Å². The molecule has 24 heavy (non-hydrogen) atoms. The Labute approximate surface area is 139 Å². The fraction of sp³-hybridized carbons (Fsp3) is 0.389. The molecule has 1 aliphatic carbocycles. The Bertz CT molecular complexity index is 835. The van der Waals surface area contributed by atoms with E-state index in [1.807, 2.05) is 24.3 Å². The molecule has 0 aliphatic heterocycles. The van der Waals surface area contributed by atoms with Crippen molar-refractivity contribution in [3.8, 4) is 0 Å². The van der Waals surface area contributed by atoms with Crippen LogP contribution in [-0.4, -0.2) is 36.5 Å². The molecular formula is C18H19NO5. The lowest BCUT2D eigenvalue weighted by Gasteiger charge is -2.17. The summed E-state index contributed by atoms with van der Waals surface area (Å²) in [6.07, 6.45) is 0.226. The van der Waals surface area contributed by atoms with Crippen LogP contribution >= 0.6 is 0 Å². The number of fused-ring (bicyclic) bond motifs is 3. The summed E-state index contributed by atoms with van der Waals surface area (Å²) in [4.78, 5) is 37.2. The van der Waals surface area contributed by atoms with Crippen LogP contribution in [0.2, 0.25) is 0 Å². The Balaban J connectivity index is 2.25. The van der Waals surface area contributed by atoms with Crippen molar-refractivity contribution in [3.05, 3.63) is 35.5 Å². The molecule has 0 fully saturated rings. The van der Waals surface area contributed by atoms with Gasteiger partial charge >= 0.3 is 11.9 Å². The first-order valence-corrected chi connectivity index (χ1v) is 7.75. The lowest BCUT2D eigenvalue weighted by Crippen LogP contribution is -2.23. The minimum absolute atomic E-state index is 0.0251. The lowest BCUT2D eigenvalue weighted by molar-refractivity contribution is -0.147. The largest absolute Gasteiger partial charge is 0.469 e. The van der Waals surface area contributed by atoms with Gasteiger partial charge in [0.2, 0.25) is 0 Å². The molecule has 3 rings (SSSR count). The summed E-state index contributed by atoms with van der Waals surface area (Å²) in [6, 6.07) is 7.54. The first-order chi connectivity index (χ1) is 11.5. The van der Waals surface area contributed by atoms with Gasteiger partial charge in [0.1, 0.15) is 0 Å². The normalized spacial score (nSPS) is 20.4. The van der Waals surface area contributed by atoms with Crippen molar-refractivity contribution in [3.63, 3.8) is 0 Å². The summed E-state index contributed by atoms with van der Waals surface area (Å²) in [5.41, 5.74) is 2.00. The highest BCUT2D eigenvalue weighted by Gasteiger charge is 2.40. The third-order valence-corrected chi connectivity index (χ3v) is 4.73. The summed E-state index contributed by atoms with van der Waals surface area (Å²) >= 11 is 0. The maximum atomic E-state index is 12.8. The van der Waals surface area contributed by atoms with Gasteiger partial charge in [0.05, 0.1) is 31.7 Å². The smallest absolute Gasteiger partial charge is 0.313 e. The molecule has 2 atom stereocenters. The van der Waals surface area contributed by atoms with Crippen LogP contribution in [0.5, 0.6) is 0 Å². The van der Waals surface area contributed by atoms with Gasteiger partial charge in [0.15, 0.2) is 5.78 Å². The topological polar surface area (TPSA) is 74.6 Å². The standard InChI is InChI=1S/C18H19NO5/c1-19-13-7-5-4-6-11(13)15-12(18(22)24-3)8-10(17(21)23-2)9-14(20)16(15)19/h4-7,10,12H,8-9H2,1-3H3/t10-,12+/m1/s1. The van der Waals surface area contributed by atoms with Crippen LogP contribution in [0.25, 0.3) is 10.9 Å². The van der Waals surface area contributed by atoms with E-state index < -0.39 is 23.8 Å². The number of Topliss-reactive ketones (excluding diaryl/α,β-unsaturated/α-hetero) is 1. The Morgan fingerprint density at radius 1 is 1.12 bits per heavy atom. The van der Waals surface area contributed by atoms with E-state index in [9.17, 15) is 14.4 Å². The number of methoxy groups -OCH3 is 2. The van der Waals surface area contributed by atoms with Crippen molar-refractivity contribution in [1.29, 1.82) is 0 Å². The van der Waals surface area contributed by atoms with Crippen LogP contribution in [0.1, 0.15) is 34.8 Å². The number of aromatic nitrogens is 1. The molecule has 0 amide bonds. The number of hydrogen-bond acceptors (Lipinski definition) is 5. The number of hydrogen-bond donors (Lipinski definition) is 0. The van der Waals surface area contributed by atoms with Crippen molar-refractivity contribution in [1.82, 2.24) is 4.57 Å². The van der Waals surface area contributed by atoms with Crippen molar-refractivity contribution >= 4 is 28.6 Å². The molecule has 2 aromatic rings. The molecule has 0 bridgehead atoms. The van der Waals surface area contributed by atoms with Gasteiger partial charge in [-0.3, -0.25) is 14.4 Å².